The smallest absolute Gasteiger partial charge is 0.0349 e. The molecule has 1 aromatic carbocycles. The van der Waals surface area contributed by atoms with Crippen molar-refractivity contribution >= 4 is 0 Å². The van der Waals surface area contributed by atoms with Gasteiger partial charge in [-0.1, -0.05) is 29.8 Å². The summed E-state index contributed by atoms with van der Waals surface area (Å²) < 4.78 is 0. The van der Waals surface area contributed by atoms with E-state index in [0.29, 0.717) is 6.04 Å². The molecular weight excluding hydrogens is 258 g/mol. The Hall–Kier alpha value is -0.900. The summed E-state index contributed by atoms with van der Waals surface area (Å²) in [6.45, 7) is 9.32. The first kappa shape index (κ1) is 15.0. The molecule has 0 spiro atoms. The van der Waals surface area contributed by atoms with E-state index >= 15 is 0 Å². The quantitative estimate of drug-likeness (QED) is 0.866. The van der Waals surface area contributed by atoms with E-state index in [0.717, 1.165) is 12.5 Å². The van der Waals surface area contributed by atoms with Crippen LogP contribution in [0.5, 0.6) is 0 Å². The molecule has 1 aliphatic heterocycles. The van der Waals surface area contributed by atoms with Crippen molar-refractivity contribution in [1.82, 2.24) is 15.1 Å². The number of nitrogens with one attached hydrogen (secondary N) is 1. The molecule has 2 fully saturated rings. The molecule has 3 heteroatoms. The maximum atomic E-state index is 3.82. The summed E-state index contributed by atoms with van der Waals surface area (Å²) in [5.74, 6) is 0.861. The van der Waals surface area contributed by atoms with Gasteiger partial charge in [0.1, 0.15) is 0 Å². The molecule has 1 saturated carbocycles. The number of rotatable bonds is 6. The first-order valence-electron chi connectivity index (χ1n) is 8.43. The van der Waals surface area contributed by atoms with Crippen molar-refractivity contribution in [2.45, 2.75) is 25.8 Å². The highest BCUT2D eigenvalue weighted by Gasteiger charge is 2.31. The van der Waals surface area contributed by atoms with Crippen LogP contribution in [0.1, 0.15) is 30.0 Å². The van der Waals surface area contributed by atoms with Crippen LogP contribution in [0.25, 0.3) is 0 Å². The third-order valence-electron chi connectivity index (χ3n) is 4.92. The van der Waals surface area contributed by atoms with Crippen LogP contribution in [0.2, 0.25) is 0 Å². The normalized spacial score (nSPS) is 22.4. The van der Waals surface area contributed by atoms with Crippen LogP contribution in [0, 0.1) is 12.8 Å². The molecule has 1 N–H and O–H groups in total. The van der Waals surface area contributed by atoms with Gasteiger partial charge in [0.05, 0.1) is 0 Å². The molecule has 116 valence electrons. The second-order valence-electron chi connectivity index (χ2n) is 6.82. The fourth-order valence-corrected chi connectivity index (χ4v) is 3.21. The van der Waals surface area contributed by atoms with Crippen molar-refractivity contribution in [3.63, 3.8) is 0 Å². The second kappa shape index (κ2) is 6.91. The Labute approximate surface area is 129 Å². The van der Waals surface area contributed by atoms with Crippen molar-refractivity contribution in [3.8, 4) is 0 Å². The molecule has 1 aliphatic carbocycles. The molecule has 0 bridgehead atoms. The molecule has 3 rings (SSSR count). The predicted octanol–water partition coefficient (Wildman–Crippen LogP) is 2.28. The van der Waals surface area contributed by atoms with Gasteiger partial charge in [-0.25, -0.2) is 0 Å². The van der Waals surface area contributed by atoms with E-state index in [4.69, 9.17) is 0 Å². The number of nitrogens with zero attached hydrogens (tertiary/aromatic N) is 2. The van der Waals surface area contributed by atoms with Gasteiger partial charge in [0.15, 0.2) is 0 Å². The number of aryl methyl sites for hydroxylation is 1. The Morgan fingerprint density at radius 1 is 1.10 bits per heavy atom. The molecule has 1 saturated heterocycles. The average Bonchev–Trinajstić information content (AvgIpc) is 3.31. The van der Waals surface area contributed by atoms with Crippen molar-refractivity contribution in [2.75, 3.05) is 46.3 Å². The summed E-state index contributed by atoms with van der Waals surface area (Å²) in [4.78, 5) is 5.01. The SMILES string of the molecule is Cc1ccc(C(NCCN2CCN(C)CC2)C2CC2)cc1. The molecule has 0 aromatic heterocycles. The molecule has 1 aromatic rings. The third-order valence-corrected chi connectivity index (χ3v) is 4.92. The molecule has 3 nitrogen and oxygen atoms in total. The molecule has 0 radical (unpaired) electrons. The van der Waals surface area contributed by atoms with Crippen LogP contribution in [-0.4, -0.2) is 56.1 Å². The minimum atomic E-state index is 0.568. The molecule has 21 heavy (non-hydrogen) atoms. The monoisotopic (exact) mass is 287 g/mol. The first-order valence-corrected chi connectivity index (χ1v) is 8.43. The van der Waals surface area contributed by atoms with Crippen molar-refractivity contribution in [2.24, 2.45) is 5.92 Å². The third kappa shape index (κ3) is 4.29. The van der Waals surface area contributed by atoms with Crippen LogP contribution < -0.4 is 5.32 Å². The molecule has 1 atom stereocenters. The average molecular weight is 287 g/mol. The highest BCUT2D eigenvalue weighted by atomic mass is 15.2. The van der Waals surface area contributed by atoms with Crippen LogP contribution in [0.3, 0.4) is 0 Å². The highest BCUT2D eigenvalue weighted by Crippen LogP contribution is 2.40. The van der Waals surface area contributed by atoms with Crippen molar-refractivity contribution in [1.29, 1.82) is 0 Å². The number of benzene rings is 1. The lowest BCUT2D eigenvalue weighted by atomic mass is 10.0. The van der Waals surface area contributed by atoms with E-state index in [1.54, 1.807) is 0 Å². The highest BCUT2D eigenvalue weighted by molar-refractivity contribution is 5.25. The predicted molar refractivity (Wildman–Crippen MR) is 88.6 cm³/mol. The Morgan fingerprint density at radius 2 is 1.76 bits per heavy atom. The second-order valence-corrected chi connectivity index (χ2v) is 6.82. The standard InChI is InChI=1S/C18H29N3/c1-15-3-5-16(6-4-15)18(17-7-8-17)19-9-10-21-13-11-20(2)12-14-21/h3-6,17-19H,7-14H2,1-2H3. The zero-order valence-electron chi connectivity index (χ0n) is 13.5. The molecule has 1 unspecified atom stereocenters. The Bertz CT molecular complexity index is 430. The van der Waals surface area contributed by atoms with E-state index in [1.165, 1.54) is 56.7 Å². The lowest BCUT2D eigenvalue weighted by Gasteiger charge is -2.32. The summed E-state index contributed by atoms with van der Waals surface area (Å²) in [6.07, 6.45) is 2.78. The summed E-state index contributed by atoms with van der Waals surface area (Å²) in [5.41, 5.74) is 2.83. The molecule has 0 amide bonds. The minimum absolute atomic E-state index is 0.568. The topological polar surface area (TPSA) is 18.5 Å². The molecule has 2 aliphatic rings. The van der Waals surface area contributed by atoms with Crippen LogP contribution in [0.4, 0.5) is 0 Å². The fourth-order valence-electron chi connectivity index (χ4n) is 3.21. The summed E-state index contributed by atoms with van der Waals surface area (Å²) in [5, 5.41) is 3.82. The van der Waals surface area contributed by atoms with Crippen molar-refractivity contribution < 1.29 is 0 Å². The van der Waals surface area contributed by atoms with Gasteiger partial charge in [-0.3, -0.25) is 4.90 Å². The van der Waals surface area contributed by atoms with Gasteiger partial charge >= 0.3 is 0 Å². The van der Waals surface area contributed by atoms with Crippen molar-refractivity contribution in [3.05, 3.63) is 35.4 Å². The summed E-state index contributed by atoms with van der Waals surface area (Å²) in [7, 11) is 2.22. The van der Waals surface area contributed by atoms with Gasteiger partial charge in [-0.05, 0) is 38.3 Å². The largest absolute Gasteiger partial charge is 0.308 e. The van der Waals surface area contributed by atoms with Gasteiger partial charge in [0.2, 0.25) is 0 Å². The number of hydrogen-bond acceptors (Lipinski definition) is 3. The maximum absolute atomic E-state index is 3.82. The van der Waals surface area contributed by atoms with Gasteiger partial charge < -0.3 is 10.2 Å². The van der Waals surface area contributed by atoms with Gasteiger partial charge in [0, 0.05) is 45.3 Å². The first-order chi connectivity index (χ1) is 10.2. The van der Waals surface area contributed by atoms with Crippen LogP contribution >= 0.6 is 0 Å². The van der Waals surface area contributed by atoms with E-state index in [1.807, 2.05) is 0 Å². The van der Waals surface area contributed by atoms with Crippen LogP contribution in [0.15, 0.2) is 24.3 Å². The minimum Gasteiger partial charge on any atom is -0.308 e. The van der Waals surface area contributed by atoms with E-state index < -0.39 is 0 Å². The van der Waals surface area contributed by atoms with Gasteiger partial charge in [-0.15, -0.1) is 0 Å². The Morgan fingerprint density at radius 3 is 2.38 bits per heavy atom. The zero-order chi connectivity index (χ0) is 14.7. The number of piperazine rings is 1. The van der Waals surface area contributed by atoms with Gasteiger partial charge in [-0.2, -0.15) is 0 Å². The number of likely N-dealkylation sites (N-methyl/N-ethyl adjacent to an activating group) is 1. The van der Waals surface area contributed by atoms with Crippen LogP contribution in [-0.2, 0) is 0 Å². The summed E-state index contributed by atoms with van der Waals surface area (Å²) >= 11 is 0. The molecule has 1 heterocycles. The maximum Gasteiger partial charge on any atom is 0.0349 e. The fraction of sp³-hybridized carbons (Fsp3) is 0.667. The Balaban J connectivity index is 1.48. The van der Waals surface area contributed by atoms with E-state index in [-0.39, 0.29) is 0 Å². The lowest BCUT2D eigenvalue weighted by molar-refractivity contribution is 0.153. The van der Waals surface area contributed by atoms with E-state index in [2.05, 4.69) is 53.4 Å². The van der Waals surface area contributed by atoms with E-state index in [9.17, 15) is 0 Å². The van der Waals surface area contributed by atoms with Gasteiger partial charge in [0.25, 0.3) is 0 Å². The zero-order valence-corrected chi connectivity index (χ0v) is 13.5. The Kier molecular flexibility index (Phi) is 4.94. The lowest BCUT2D eigenvalue weighted by Crippen LogP contribution is -2.46. The number of hydrogen-bond donors (Lipinski definition) is 1. The molecular formula is C18H29N3. The summed E-state index contributed by atoms with van der Waals surface area (Å²) in [6, 6.07) is 9.67.